The van der Waals surface area contributed by atoms with E-state index >= 15 is 0 Å². The van der Waals surface area contributed by atoms with E-state index in [1.165, 1.54) is 6.33 Å². The van der Waals surface area contributed by atoms with Crippen LogP contribution < -0.4 is 0 Å². The van der Waals surface area contributed by atoms with Gasteiger partial charge in [-0.2, -0.15) is 5.10 Å². The fraction of sp³-hybridized carbons (Fsp3) is 0.125. The van der Waals surface area contributed by atoms with Crippen LogP contribution in [-0.4, -0.2) is 14.8 Å². The topological polar surface area (TPSA) is 39.9 Å². The van der Waals surface area contributed by atoms with Gasteiger partial charge >= 0.3 is 0 Å². The zero-order valence-corrected chi connectivity index (χ0v) is 11.0. The fourth-order valence-corrected chi connectivity index (χ4v) is 2.09. The molecule has 0 saturated heterocycles. The Hall–Kier alpha value is -2.46. The second-order valence-corrected chi connectivity index (χ2v) is 4.43. The van der Waals surface area contributed by atoms with Gasteiger partial charge in [0.15, 0.2) is 0 Å². The summed E-state index contributed by atoms with van der Waals surface area (Å²) in [4.78, 5) is 3.92. The van der Waals surface area contributed by atoms with Crippen LogP contribution in [0.25, 0.3) is 0 Å². The molecular weight excluding hydrogens is 250 g/mol. The zero-order chi connectivity index (χ0) is 13.6. The van der Waals surface area contributed by atoms with Gasteiger partial charge in [-0.15, -0.1) is 0 Å². The number of hydrogen-bond donors (Lipinski definition) is 0. The third-order valence-corrected chi connectivity index (χ3v) is 3.04. The van der Waals surface area contributed by atoms with Crippen molar-refractivity contribution in [2.24, 2.45) is 0 Å². The third kappa shape index (κ3) is 2.92. The molecule has 0 aliphatic carbocycles. The first-order valence-electron chi connectivity index (χ1n) is 6.47. The van der Waals surface area contributed by atoms with Gasteiger partial charge in [-0.3, -0.25) is 0 Å². The minimum absolute atomic E-state index is 0.110. The average molecular weight is 265 g/mol. The second-order valence-electron chi connectivity index (χ2n) is 4.43. The summed E-state index contributed by atoms with van der Waals surface area (Å²) >= 11 is 0. The van der Waals surface area contributed by atoms with Crippen LogP contribution in [0.1, 0.15) is 17.2 Å². The number of aromatic nitrogens is 3. The maximum atomic E-state index is 6.02. The molecule has 3 rings (SSSR count). The van der Waals surface area contributed by atoms with Crippen molar-refractivity contribution in [1.82, 2.24) is 14.8 Å². The minimum atomic E-state index is -0.110. The average Bonchev–Trinajstić information content (AvgIpc) is 3.03. The van der Waals surface area contributed by atoms with E-state index in [9.17, 15) is 0 Å². The summed E-state index contributed by atoms with van der Waals surface area (Å²) in [7, 11) is 0. The lowest BCUT2D eigenvalue weighted by Crippen LogP contribution is -2.10. The van der Waals surface area contributed by atoms with E-state index < -0.39 is 0 Å². The lowest BCUT2D eigenvalue weighted by molar-refractivity contribution is 0.0222. The van der Waals surface area contributed by atoms with Crippen LogP contribution in [0.15, 0.2) is 73.3 Å². The summed E-state index contributed by atoms with van der Waals surface area (Å²) in [6.07, 6.45) is 3.04. The number of nitrogens with zero attached hydrogens (tertiary/aromatic N) is 3. The van der Waals surface area contributed by atoms with E-state index in [0.29, 0.717) is 6.73 Å². The molecule has 1 heterocycles. The molecule has 0 aliphatic heterocycles. The highest BCUT2D eigenvalue weighted by atomic mass is 16.5. The fourth-order valence-electron chi connectivity index (χ4n) is 2.09. The van der Waals surface area contributed by atoms with Gasteiger partial charge in [-0.25, -0.2) is 9.67 Å². The number of ether oxygens (including phenoxy) is 1. The zero-order valence-electron chi connectivity index (χ0n) is 11.0. The van der Waals surface area contributed by atoms with Crippen molar-refractivity contribution in [2.75, 3.05) is 0 Å². The Kier molecular flexibility index (Phi) is 3.85. The van der Waals surface area contributed by atoms with Crippen molar-refractivity contribution in [3.05, 3.63) is 84.4 Å². The highest BCUT2D eigenvalue weighted by Crippen LogP contribution is 2.25. The molecule has 0 radical (unpaired) electrons. The van der Waals surface area contributed by atoms with Gasteiger partial charge in [0, 0.05) is 0 Å². The minimum Gasteiger partial charge on any atom is -0.347 e. The third-order valence-electron chi connectivity index (χ3n) is 3.04. The van der Waals surface area contributed by atoms with E-state index in [1.807, 2.05) is 36.4 Å². The van der Waals surface area contributed by atoms with Crippen molar-refractivity contribution in [1.29, 1.82) is 0 Å². The molecule has 0 spiro atoms. The van der Waals surface area contributed by atoms with Crippen molar-refractivity contribution in [3.63, 3.8) is 0 Å². The molecule has 0 bridgehead atoms. The first-order valence-corrected chi connectivity index (χ1v) is 6.47. The van der Waals surface area contributed by atoms with Crippen LogP contribution in [0.5, 0.6) is 0 Å². The van der Waals surface area contributed by atoms with E-state index in [0.717, 1.165) is 11.1 Å². The van der Waals surface area contributed by atoms with Gasteiger partial charge in [0.25, 0.3) is 0 Å². The highest BCUT2D eigenvalue weighted by Gasteiger charge is 2.14. The standard InChI is InChI=1S/C16H15N3O/c1-3-7-14(8-4-1)16(15-9-5-2-6-10-15)20-13-19-12-17-11-18-19/h1-12,16H,13H2. The first kappa shape index (κ1) is 12.6. The molecule has 100 valence electrons. The summed E-state index contributed by atoms with van der Waals surface area (Å²) in [5.74, 6) is 0. The first-order chi connectivity index (χ1) is 9.93. The molecule has 1 aromatic heterocycles. The van der Waals surface area contributed by atoms with Crippen molar-refractivity contribution in [2.45, 2.75) is 12.8 Å². The van der Waals surface area contributed by atoms with E-state index in [1.54, 1.807) is 11.0 Å². The van der Waals surface area contributed by atoms with Gasteiger partial charge in [0.2, 0.25) is 0 Å². The molecule has 0 atom stereocenters. The van der Waals surface area contributed by atoms with Gasteiger partial charge in [-0.05, 0) is 11.1 Å². The largest absolute Gasteiger partial charge is 0.347 e. The molecule has 4 nitrogen and oxygen atoms in total. The second kappa shape index (κ2) is 6.12. The smallest absolute Gasteiger partial charge is 0.142 e. The van der Waals surface area contributed by atoms with Crippen LogP contribution >= 0.6 is 0 Å². The highest BCUT2D eigenvalue weighted by molar-refractivity contribution is 5.29. The molecule has 0 fully saturated rings. The predicted octanol–water partition coefficient (Wildman–Crippen LogP) is 3.04. The van der Waals surface area contributed by atoms with E-state index in [2.05, 4.69) is 34.3 Å². The summed E-state index contributed by atoms with van der Waals surface area (Å²) < 4.78 is 7.68. The van der Waals surface area contributed by atoms with Crippen LogP contribution in [0.2, 0.25) is 0 Å². The molecule has 20 heavy (non-hydrogen) atoms. The number of rotatable bonds is 5. The van der Waals surface area contributed by atoms with Crippen LogP contribution in [0, 0.1) is 0 Å². The van der Waals surface area contributed by atoms with Gasteiger partial charge in [0.1, 0.15) is 25.5 Å². The Morgan fingerprint density at radius 2 is 1.50 bits per heavy atom. The Morgan fingerprint density at radius 1 is 0.900 bits per heavy atom. The van der Waals surface area contributed by atoms with Crippen molar-refractivity contribution in [3.8, 4) is 0 Å². The van der Waals surface area contributed by atoms with Crippen molar-refractivity contribution < 1.29 is 4.74 Å². The van der Waals surface area contributed by atoms with E-state index in [4.69, 9.17) is 4.74 Å². The quantitative estimate of drug-likeness (QED) is 0.712. The van der Waals surface area contributed by atoms with E-state index in [-0.39, 0.29) is 6.10 Å². The Labute approximate surface area is 117 Å². The Bertz CT molecular complexity index is 584. The maximum absolute atomic E-state index is 6.02. The molecule has 0 unspecified atom stereocenters. The molecule has 4 heteroatoms. The molecule has 0 aliphatic rings. The monoisotopic (exact) mass is 265 g/mol. The molecular formula is C16H15N3O. The van der Waals surface area contributed by atoms with Gasteiger partial charge in [0.05, 0.1) is 0 Å². The number of benzene rings is 2. The normalized spacial score (nSPS) is 10.8. The molecule has 0 N–H and O–H groups in total. The summed E-state index contributed by atoms with van der Waals surface area (Å²) in [5, 5.41) is 4.06. The van der Waals surface area contributed by atoms with Crippen LogP contribution in [0.4, 0.5) is 0 Å². The van der Waals surface area contributed by atoms with Crippen molar-refractivity contribution >= 4 is 0 Å². The lowest BCUT2D eigenvalue weighted by atomic mass is 10.0. The maximum Gasteiger partial charge on any atom is 0.142 e. The van der Waals surface area contributed by atoms with Crippen LogP contribution in [0.3, 0.4) is 0 Å². The summed E-state index contributed by atoms with van der Waals surface area (Å²) in [5.41, 5.74) is 2.25. The lowest BCUT2D eigenvalue weighted by Gasteiger charge is -2.18. The SMILES string of the molecule is c1ccc(C(OCn2cncn2)c2ccccc2)cc1. The molecule has 3 aromatic rings. The summed E-state index contributed by atoms with van der Waals surface area (Å²) in [6.45, 7) is 0.369. The Morgan fingerprint density at radius 3 is 2.00 bits per heavy atom. The number of hydrogen-bond acceptors (Lipinski definition) is 3. The molecule has 0 saturated carbocycles. The van der Waals surface area contributed by atoms with Gasteiger partial charge in [-0.1, -0.05) is 60.7 Å². The van der Waals surface area contributed by atoms with Crippen LogP contribution in [-0.2, 0) is 11.5 Å². The molecule has 0 amide bonds. The Balaban J connectivity index is 1.84. The van der Waals surface area contributed by atoms with Gasteiger partial charge < -0.3 is 4.74 Å². The molecule has 2 aromatic carbocycles. The predicted molar refractivity (Wildman–Crippen MR) is 75.8 cm³/mol. The summed E-state index contributed by atoms with van der Waals surface area (Å²) in [6, 6.07) is 20.4.